The van der Waals surface area contributed by atoms with E-state index in [-0.39, 0.29) is 17.9 Å². The molecule has 1 nitrogen and oxygen atoms in total. The number of rotatable bonds is 2. The summed E-state index contributed by atoms with van der Waals surface area (Å²) in [5.74, 6) is 0.289. The third-order valence-electron chi connectivity index (χ3n) is 5.44. The summed E-state index contributed by atoms with van der Waals surface area (Å²) >= 11 is 0. The number of alkyl halides is 3. The predicted molar refractivity (Wildman–Crippen MR) is 93.6 cm³/mol. The SMILES string of the molecule is CCc1ccc2c(c1)[C@@H]1C=CC[C@@H]1[C@@H](c1ccccc1C(F)(F)F)N2. The lowest BCUT2D eigenvalue weighted by Gasteiger charge is -2.38. The Hall–Kier alpha value is -2.23. The molecule has 1 N–H and O–H groups in total. The lowest BCUT2D eigenvalue weighted by atomic mass is 9.75. The van der Waals surface area contributed by atoms with E-state index >= 15 is 0 Å². The molecule has 1 aliphatic heterocycles. The monoisotopic (exact) mass is 343 g/mol. The van der Waals surface area contributed by atoms with Gasteiger partial charge in [-0.1, -0.05) is 49.4 Å². The Morgan fingerprint density at radius 1 is 1.08 bits per heavy atom. The van der Waals surface area contributed by atoms with Crippen LogP contribution >= 0.6 is 0 Å². The predicted octanol–water partition coefficient (Wildman–Crippen LogP) is 6.09. The van der Waals surface area contributed by atoms with E-state index in [1.54, 1.807) is 12.1 Å². The van der Waals surface area contributed by atoms with Gasteiger partial charge in [0, 0.05) is 11.6 Å². The fourth-order valence-electron chi connectivity index (χ4n) is 4.20. The molecule has 1 heterocycles. The van der Waals surface area contributed by atoms with Crippen molar-refractivity contribution in [1.29, 1.82) is 0 Å². The summed E-state index contributed by atoms with van der Waals surface area (Å²) in [5.41, 5.74) is 3.23. The number of allylic oxidation sites excluding steroid dienone is 2. The van der Waals surface area contributed by atoms with Crippen LogP contribution in [0.3, 0.4) is 0 Å². The zero-order valence-corrected chi connectivity index (χ0v) is 14.0. The van der Waals surface area contributed by atoms with Crippen LogP contribution in [0.2, 0.25) is 0 Å². The van der Waals surface area contributed by atoms with E-state index in [4.69, 9.17) is 0 Å². The molecule has 1 aliphatic carbocycles. The lowest BCUT2D eigenvalue weighted by Crippen LogP contribution is -2.30. The summed E-state index contributed by atoms with van der Waals surface area (Å²) < 4.78 is 40.5. The van der Waals surface area contributed by atoms with Gasteiger partial charge in [0.1, 0.15) is 0 Å². The summed E-state index contributed by atoms with van der Waals surface area (Å²) in [7, 11) is 0. The molecule has 4 rings (SSSR count). The summed E-state index contributed by atoms with van der Waals surface area (Å²) in [5, 5.41) is 3.41. The Labute approximate surface area is 145 Å². The first kappa shape index (κ1) is 16.2. The first-order valence-corrected chi connectivity index (χ1v) is 8.71. The molecule has 0 radical (unpaired) electrons. The van der Waals surface area contributed by atoms with E-state index < -0.39 is 11.7 Å². The second-order valence-corrected chi connectivity index (χ2v) is 6.84. The molecule has 0 bridgehead atoms. The van der Waals surface area contributed by atoms with Crippen LogP contribution in [0.4, 0.5) is 18.9 Å². The standard InChI is InChI=1S/C21H20F3N/c1-2-13-10-11-19-17(12-13)14-7-5-8-15(14)20(25-19)16-6-3-4-9-18(16)21(22,23)24/h3-7,9-12,14-15,20,25H,2,8H2,1H3/t14-,15+,20+/m1/s1. The number of hydrogen-bond acceptors (Lipinski definition) is 1. The molecular formula is C21H20F3N. The van der Waals surface area contributed by atoms with Gasteiger partial charge in [-0.2, -0.15) is 13.2 Å². The van der Waals surface area contributed by atoms with E-state index in [9.17, 15) is 13.2 Å². The summed E-state index contributed by atoms with van der Waals surface area (Å²) in [6, 6.07) is 11.9. The molecule has 3 atom stereocenters. The minimum atomic E-state index is -4.34. The van der Waals surface area contributed by atoms with E-state index in [1.807, 2.05) is 6.07 Å². The zero-order valence-electron chi connectivity index (χ0n) is 14.0. The highest BCUT2D eigenvalue weighted by molar-refractivity contribution is 5.61. The molecule has 0 unspecified atom stereocenters. The van der Waals surface area contributed by atoms with Gasteiger partial charge >= 0.3 is 6.18 Å². The molecule has 0 fully saturated rings. The maximum atomic E-state index is 13.5. The lowest BCUT2D eigenvalue weighted by molar-refractivity contribution is -0.138. The van der Waals surface area contributed by atoms with E-state index in [2.05, 4.69) is 36.5 Å². The third-order valence-corrected chi connectivity index (χ3v) is 5.44. The molecular weight excluding hydrogens is 323 g/mol. The topological polar surface area (TPSA) is 12.0 Å². The molecule has 2 aromatic rings. The van der Waals surface area contributed by atoms with Crippen LogP contribution in [0.5, 0.6) is 0 Å². The fraction of sp³-hybridized carbons (Fsp3) is 0.333. The molecule has 0 aromatic heterocycles. The Kier molecular flexibility index (Phi) is 3.86. The minimum Gasteiger partial charge on any atom is -0.378 e. The fourth-order valence-corrected chi connectivity index (χ4v) is 4.20. The Morgan fingerprint density at radius 2 is 1.88 bits per heavy atom. The minimum absolute atomic E-state index is 0.114. The Morgan fingerprint density at radius 3 is 2.64 bits per heavy atom. The van der Waals surface area contributed by atoms with Crippen molar-refractivity contribution < 1.29 is 13.2 Å². The van der Waals surface area contributed by atoms with Crippen molar-refractivity contribution in [1.82, 2.24) is 0 Å². The van der Waals surface area contributed by atoms with Gasteiger partial charge < -0.3 is 5.32 Å². The van der Waals surface area contributed by atoms with Crippen molar-refractivity contribution in [3.05, 3.63) is 76.9 Å². The highest BCUT2D eigenvalue weighted by Crippen LogP contribution is 2.51. The van der Waals surface area contributed by atoms with Crippen molar-refractivity contribution in [3.8, 4) is 0 Å². The molecule has 2 aliphatic rings. The molecule has 2 aromatic carbocycles. The van der Waals surface area contributed by atoms with Gasteiger partial charge in [0.05, 0.1) is 11.6 Å². The second-order valence-electron chi connectivity index (χ2n) is 6.84. The van der Waals surface area contributed by atoms with Crippen LogP contribution in [0, 0.1) is 5.92 Å². The molecule has 0 spiro atoms. The van der Waals surface area contributed by atoms with Gasteiger partial charge in [-0.3, -0.25) is 0 Å². The number of hydrogen-bond donors (Lipinski definition) is 1. The average molecular weight is 343 g/mol. The molecule has 130 valence electrons. The van der Waals surface area contributed by atoms with Crippen molar-refractivity contribution in [2.75, 3.05) is 5.32 Å². The number of fused-ring (bicyclic) bond motifs is 3. The maximum absolute atomic E-state index is 13.5. The second kappa shape index (κ2) is 5.94. The molecule has 0 saturated heterocycles. The highest BCUT2D eigenvalue weighted by atomic mass is 19.4. The Balaban J connectivity index is 1.81. The van der Waals surface area contributed by atoms with Crippen LogP contribution in [-0.2, 0) is 12.6 Å². The van der Waals surface area contributed by atoms with Crippen LogP contribution < -0.4 is 5.32 Å². The van der Waals surface area contributed by atoms with Crippen LogP contribution in [0.25, 0.3) is 0 Å². The zero-order chi connectivity index (χ0) is 17.6. The number of halogens is 3. The molecule has 25 heavy (non-hydrogen) atoms. The van der Waals surface area contributed by atoms with Crippen LogP contribution in [0.15, 0.2) is 54.6 Å². The largest absolute Gasteiger partial charge is 0.416 e. The molecule has 4 heteroatoms. The van der Waals surface area contributed by atoms with Crippen LogP contribution in [0.1, 0.15) is 47.6 Å². The van der Waals surface area contributed by atoms with Gasteiger partial charge in [-0.25, -0.2) is 0 Å². The summed E-state index contributed by atoms with van der Waals surface area (Å²) in [4.78, 5) is 0. The number of aryl methyl sites for hydroxylation is 1. The third kappa shape index (κ3) is 2.74. The van der Waals surface area contributed by atoms with Gasteiger partial charge in [0.25, 0.3) is 0 Å². The summed E-state index contributed by atoms with van der Waals surface area (Å²) in [6.07, 6.45) is 1.67. The van der Waals surface area contributed by atoms with Crippen LogP contribution in [-0.4, -0.2) is 0 Å². The maximum Gasteiger partial charge on any atom is 0.416 e. The smallest absolute Gasteiger partial charge is 0.378 e. The average Bonchev–Trinajstić information content (AvgIpc) is 3.10. The van der Waals surface area contributed by atoms with Gasteiger partial charge in [0.2, 0.25) is 0 Å². The first-order chi connectivity index (χ1) is 12.0. The van der Waals surface area contributed by atoms with Gasteiger partial charge in [0.15, 0.2) is 0 Å². The normalized spacial score (nSPS) is 24.6. The van der Waals surface area contributed by atoms with Crippen molar-refractivity contribution in [2.24, 2.45) is 5.92 Å². The van der Waals surface area contributed by atoms with Crippen molar-refractivity contribution in [3.63, 3.8) is 0 Å². The molecule has 0 saturated carbocycles. The van der Waals surface area contributed by atoms with E-state index in [0.29, 0.717) is 5.56 Å². The van der Waals surface area contributed by atoms with E-state index in [1.165, 1.54) is 23.3 Å². The quantitative estimate of drug-likeness (QED) is 0.650. The van der Waals surface area contributed by atoms with Gasteiger partial charge in [-0.15, -0.1) is 0 Å². The first-order valence-electron chi connectivity index (χ1n) is 8.71. The highest BCUT2D eigenvalue weighted by Gasteiger charge is 2.42. The number of nitrogens with one attached hydrogen (secondary N) is 1. The van der Waals surface area contributed by atoms with Crippen molar-refractivity contribution >= 4 is 5.69 Å². The molecule has 0 amide bonds. The van der Waals surface area contributed by atoms with Gasteiger partial charge in [-0.05, 0) is 47.6 Å². The number of anilines is 1. The Bertz CT molecular complexity index is 822. The summed E-state index contributed by atoms with van der Waals surface area (Å²) in [6.45, 7) is 2.11. The van der Waals surface area contributed by atoms with Crippen molar-refractivity contribution in [2.45, 2.75) is 37.9 Å². The van der Waals surface area contributed by atoms with E-state index in [0.717, 1.165) is 18.5 Å². The number of benzene rings is 2.